The van der Waals surface area contributed by atoms with Crippen molar-refractivity contribution in [1.29, 1.82) is 0 Å². The van der Waals surface area contributed by atoms with Crippen LogP contribution in [0.2, 0.25) is 0 Å². The van der Waals surface area contributed by atoms with Crippen molar-refractivity contribution in [3.63, 3.8) is 0 Å². The van der Waals surface area contributed by atoms with Crippen molar-refractivity contribution < 1.29 is 19.3 Å². The molecule has 1 fully saturated rings. The molecule has 0 aromatic carbocycles. The van der Waals surface area contributed by atoms with E-state index in [2.05, 4.69) is 20.8 Å². The van der Waals surface area contributed by atoms with E-state index in [4.69, 9.17) is 14.2 Å². The number of hydrogen-bond donors (Lipinski definition) is 1. The van der Waals surface area contributed by atoms with Crippen molar-refractivity contribution in [3.05, 3.63) is 0 Å². The lowest BCUT2D eigenvalue weighted by Gasteiger charge is -2.36. The third kappa shape index (κ3) is 4.47. The van der Waals surface area contributed by atoms with Crippen LogP contribution in [0.3, 0.4) is 0 Å². The molecule has 90 valence electrons. The Hall–Kier alpha value is -0.160. The van der Waals surface area contributed by atoms with Crippen LogP contribution in [0.5, 0.6) is 0 Å². The highest BCUT2D eigenvalue weighted by atomic mass is 16.7. The highest BCUT2D eigenvalue weighted by Crippen LogP contribution is 2.24. The second-order valence-corrected chi connectivity index (χ2v) is 4.77. The minimum atomic E-state index is -0.965. The molecule has 15 heavy (non-hydrogen) atoms. The molecule has 0 radical (unpaired) electrons. The molecule has 1 saturated heterocycles. The average Bonchev–Trinajstić information content (AvgIpc) is 2.18. The van der Waals surface area contributed by atoms with Crippen LogP contribution in [0.15, 0.2) is 0 Å². The monoisotopic (exact) mass is 218 g/mol. The van der Waals surface area contributed by atoms with E-state index in [1.165, 1.54) is 0 Å². The molecule has 1 unspecified atom stereocenters. The highest BCUT2D eigenvalue weighted by molar-refractivity contribution is 4.71. The lowest BCUT2D eigenvalue weighted by molar-refractivity contribution is -0.309. The van der Waals surface area contributed by atoms with Gasteiger partial charge in [-0.3, -0.25) is 0 Å². The van der Waals surface area contributed by atoms with Crippen molar-refractivity contribution in [3.8, 4) is 0 Å². The van der Waals surface area contributed by atoms with E-state index in [9.17, 15) is 5.11 Å². The van der Waals surface area contributed by atoms with Gasteiger partial charge in [-0.05, 0) is 6.42 Å². The maximum absolute atomic E-state index is 9.60. The van der Waals surface area contributed by atoms with Crippen LogP contribution in [-0.2, 0) is 14.2 Å². The molecule has 0 aliphatic carbocycles. The molecular weight excluding hydrogens is 196 g/mol. The van der Waals surface area contributed by atoms with Gasteiger partial charge in [-0.1, -0.05) is 27.2 Å². The Labute approximate surface area is 91.5 Å². The van der Waals surface area contributed by atoms with Gasteiger partial charge in [-0.25, -0.2) is 0 Å². The number of unbranched alkanes of at least 4 members (excludes halogenated alkanes) is 1. The second kappa shape index (κ2) is 5.80. The van der Waals surface area contributed by atoms with Gasteiger partial charge < -0.3 is 19.3 Å². The Morgan fingerprint density at radius 3 is 2.53 bits per heavy atom. The normalized spacial score (nSPS) is 24.0. The first-order valence-corrected chi connectivity index (χ1v) is 5.58. The smallest absolute Gasteiger partial charge is 0.209 e. The number of aliphatic hydroxyl groups excluding tert-OH is 1. The summed E-state index contributed by atoms with van der Waals surface area (Å²) >= 11 is 0. The van der Waals surface area contributed by atoms with Gasteiger partial charge in [0.05, 0.1) is 13.2 Å². The first-order chi connectivity index (χ1) is 7.05. The van der Waals surface area contributed by atoms with E-state index in [0.29, 0.717) is 19.8 Å². The summed E-state index contributed by atoms with van der Waals surface area (Å²) in [4.78, 5) is 0. The zero-order chi connectivity index (χ0) is 11.3. The predicted octanol–water partition coefficient (Wildman–Crippen LogP) is 1.52. The maximum Gasteiger partial charge on any atom is 0.209 e. The Kier molecular flexibility index (Phi) is 4.99. The third-order valence-corrected chi connectivity index (χ3v) is 2.30. The first-order valence-electron chi connectivity index (χ1n) is 5.58. The summed E-state index contributed by atoms with van der Waals surface area (Å²) < 4.78 is 16.0. The fraction of sp³-hybridized carbons (Fsp3) is 1.00. The van der Waals surface area contributed by atoms with Crippen LogP contribution >= 0.6 is 0 Å². The van der Waals surface area contributed by atoms with Gasteiger partial charge in [-0.2, -0.15) is 0 Å². The molecule has 0 spiro atoms. The van der Waals surface area contributed by atoms with E-state index >= 15 is 0 Å². The third-order valence-electron chi connectivity index (χ3n) is 2.30. The Morgan fingerprint density at radius 2 is 2.00 bits per heavy atom. The minimum Gasteiger partial charge on any atom is -0.364 e. The molecule has 1 aliphatic heterocycles. The predicted molar refractivity (Wildman–Crippen MR) is 56.3 cm³/mol. The number of ether oxygens (including phenoxy) is 3. The molecule has 1 aliphatic rings. The Balaban J connectivity index is 2.21. The SMILES string of the molecule is CCCCOC(O)C1OCC(C)(C)CO1. The molecule has 4 nitrogen and oxygen atoms in total. The summed E-state index contributed by atoms with van der Waals surface area (Å²) in [5, 5.41) is 9.60. The molecule has 0 aromatic rings. The molecule has 0 aromatic heterocycles. The molecule has 0 amide bonds. The van der Waals surface area contributed by atoms with Gasteiger partial charge in [0, 0.05) is 12.0 Å². The summed E-state index contributed by atoms with van der Waals surface area (Å²) in [5.74, 6) is 0. The van der Waals surface area contributed by atoms with Crippen LogP contribution in [0.25, 0.3) is 0 Å². The van der Waals surface area contributed by atoms with Crippen LogP contribution in [0.1, 0.15) is 33.6 Å². The van der Waals surface area contributed by atoms with E-state index < -0.39 is 12.6 Å². The van der Waals surface area contributed by atoms with Gasteiger partial charge in [-0.15, -0.1) is 0 Å². The van der Waals surface area contributed by atoms with E-state index in [1.807, 2.05) is 0 Å². The second-order valence-electron chi connectivity index (χ2n) is 4.77. The molecule has 1 atom stereocenters. The average molecular weight is 218 g/mol. The summed E-state index contributed by atoms with van der Waals surface area (Å²) in [5.41, 5.74) is 0.0274. The van der Waals surface area contributed by atoms with Crippen LogP contribution < -0.4 is 0 Å². The zero-order valence-electron chi connectivity index (χ0n) is 9.86. The van der Waals surface area contributed by atoms with E-state index in [0.717, 1.165) is 12.8 Å². The van der Waals surface area contributed by atoms with E-state index in [-0.39, 0.29) is 5.41 Å². The number of hydrogen-bond acceptors (Lipinski definition) is 4. The highest BCUT2D eigenvalue weighted by Gasteiger charge is 2.32. The maximum atomic E-state index is 9.60. The summed E-state index contributed by atoms with van der Waals surface area (Å²) in [7, 11) is 0. The summed E-state index contributed by atoms with van der Waals surface area (Å²) in [6, 6.07) is 0. The lowest BCUT2D eigenvalue weighted by Crippen LogP contribution is -2.44. The summed E-state index contributed by atoms with van der Waals surface area (Å²) in [6.07, 6.45) is 0.393. The standard InChI is InChI=1S/C11H22O4/c1-4-5-6-13-9(12)10-14-7-11(2,3)8-15-10/h9-10,12H,4-8H2,1-3H3. The van der Waals surface area contributed by atoms with Gasteiger partial charge >= 0.3 is 0 Å². The fourth-order valence-electron chi connectivity index (χ4n) is 1.30. The van der Waals surface area contributed by atoms with Crippen molar-refractivity contribution >= 4 is 0 Å². The first kappa shape index (κ1) is 12.9. The Morgan fingerprint density at radius 1 is 1.40 bits per heavy atom. The minimum absolute atomic E-state index is 0.0274. The van der Waals surface area contributed by atoms with E-state index in [1.54, 1.807) is 0 Å². The fourth-order valence-corrected chi connectivity index (χ4v) is 1.30. The van der Waals surface area contributed by atoms with Gasteiger partial charge in [0.1, 0.15) is 0 Å². The number of rotatable bonds is 5. The molecule has 1 heterocycles. The van der Waals surface area contributed by atoms with Crippen molar-refractivity contribution in [2.45, 2.75) is 46.2 Å². The molecule has 1 N–H and O–H groups in total. The largest absolute Gasteiger partial charge is 0.364 e. The van der Waals surface area contributed by atoms with Crippen LogP contribution in [0.4, 0.5) is 0 Å². The number of aliphatic hydroxyl groups is 1. The van der Waals surface area contributed by atoms with Gasteiger partial charge in [0.25, 0.3) is 0 Å². The molecular formula is C11H22O4. The van der Waals surface area contributed by atoms with Crippen LogP contribution in [0, 0.1) is 5.41 Å². The van der Waals surface area contributed by atoms with Gasteiger partial charge in [0.15, 0.2) is 0 Å². The lowest BCUT2D eigenvalue weighted by atomic mass is 9.96. The molecule has 4 heteroatoms. The Bertz CT molecular complexity index is 171. The van der Waals surface area contributed by atoms with Crippen molar-refractivity contribution in [1.82, 2.24) is 0 Å². The summed E-state index contributed by atoms with van der Waals surface area (Å²) in [6.45, 7) is 7.93. The molecule has 1 rings (SSSR count). The topological polar surface area (TPSA) is 47.9 Å². The van der Waals surface area contributed by atoms with Crippen molar-refractivity contribution in [2.24, 2.45) is 5.41 Å². The molecule has 0 saturated carbocycles. The van der Waals surface area contributed by atoms with Crippen molar-refractivity contribution in [2.75, 3.05) is 19.8 Å². The quantitative estimate of drug-likeness (QED) is 0.561. The molecule has 0 bridgehead atoms. The van der Waals surface area contributed by atoms with Crippen LogP contribution in [-0.4, -0.2) is 37.5 Å². The zero-order valence-corrected chi connectivity index (χ0v) is 9.86. The van der Waals surface area contributed by atoms with Gasteiger partial charge in [0.2, 0.25) is 12.6 Å².